The van der Waals surface area contributed by atoms with Crippen molar-refractivity contribution < 1.29 is 18.5 Å². The Kier molecular flexibility index (Phi) is 6.41. The first-order chi connectivity index (χ1) is 16.8. The number of carbonyl (C=O) groups excluding carboxylic acids is 2. The molecule has 5 rings (SSSR count). The van der Waals surface area contributed by atoms with Crippen LogP contribution in [0.1, 0.15) is 91.5 Å². The van der Waals surface area contributed by atoms with Gasteiger partial charge in [-0.3, -0.25) is 14.5 Å². The van der Waals surface area contributed by atoms with Crippen molar-refractivity contribution in [3.8, 4) is 0 Å². The molecule has 10 nitrogen and oxygen atoms in total. The molecule has 0 bridgehead atoms. The summed E-state index contributed by atoms with van der Waals surface area (Å²) in [6.07, 6.45) is 4.76. The maximum atomic E-state index is 13.1. The Morgan fingerprint density at radius 3 is 2.37 bits per heavy atom. The SMILES string of the molecule is Cc1noc(C)c1C(=O)N1CCC2(CC1)CC(c1nnc(C(C)C)o1)N(CC(=O)N1CCCC1)C2. The molecule has 0 aromatic carbocycles. The zero-order chi connectivity index (χ0) is 24.7. The normalized spacial score (nSPS) is 22.6. The highest BCUT2D eigenvalue weighted by Crippen LogP contribution is 2.49. The number of hydrogen-bond donors (Lipinski definition) is 0. The molecule has 2 aromatic rings. The zero-order valence-corrected chi connectivity index (χ0v) is 21.2. The molecule has 1 atom stereocenters. The quantitative estimate of drug-likeness (QED) is 0.637. The van der Waals surface area contributed by atoms with E-state index in [1.54, 1.807) is 6.92 Å². The second-order valence-corrected chi connectivity index (χ2v) is 10.8. The van der Waals surface area contributed by atoms with Crippen LogP contribution in [0.2, 0.25) is 0 Å². The maximum Gasteiger partial charge on any atom is 0.259 e. The van der Waals surface area contributed by atoms with E-state index in [0.717, 1.165) is 51.7 Å². The van der Waals surface area contributed by atoms with Gasteiger partial charge < -0.3 is 18.7 Å². The predicted octanol–water partition coefficient (Wildman–Crippen LogP) is 3.09. The van der Waals surface area contributed by atoms with Crippen LogP contribution in [0.15, 0.2) is 8.94 Å². The van der Waals surface area contributed by atoms with E-state index < -0.39 is 0 Å². The highest BCUT2D eigenvalue weighted by molar-refractivity contribution is 5.96. The molecule has 3 fully saturated rings. The Balaban J connectivity index is 1.32. The summed E-state index contributed by atoms with van der Waals surface area (Å²) < 4.78 is 11.3. The second kappa shape index (κ2) is 9.37. The van der Waals surface area contributed by atoms with E-state index in [2.05, 4.69) is 20.3 Å². The van der Waals surface area contributed by atoms with E-state index >= 15 is 0 Å². The van der Waals surface area contributed by atoms with E-state index in [4.69, 9.17) is 8.94 Å². The average molecular weight is 485 g/mol. The third-order valence-corrected chi connectivity index (χ3v) is 8.00. The minimum atomic E-state index is -0.0774. The summed E-state index contributed by atoms with van der Waals surface area (Å²) in [5.41, 5.74) is 1.23. The van der Waals surface area contributed by atoms with Gasteiger partial charge in [-0.05, 0) is 51.4 Å². The van der Waals surface area contributed by atoms with Crippen LogP contribution in [0.4, 0.5) is 0 Å². The Bertz CT molecular complexity index is 1060. The van der Waals surface area contributed by atoms with Gasteiger partial charge in [-0.2, -0.15) is 0 Å². The molecule has 3 aliphatic heterocycles. The third-order valence-electron chi connectivity index (χ3n) is 8.00. The molecule has 190 valence electrons. The fraction of sp³-hybridized carbons (Fsp3) is 0.720. The van der Waals surface area contributed by atoms with E-state index in [1.807, 2.05) is 30.6 Å². The lowest BCUT2D eigenvalue weighted by Gasteiger charge is -2.39. The molecule has 5 heterocycles. The highest BCUT2D eigenvalue weighted by atomic mass is 16.5. The van der Waals surface area contributed by atoms with E-state index in [-0.39, 0.29) is 29.2 Å². The average Bonchev–Trinajstić information content (AvgIpc) is 3.62. The molecular weight excluding hydrogens is 448 g/mol. The molecule has 3 aliphatic rings. The van der Waals surface area contributed by atoms with Crippen molar-refractivity contribution in [3.05, 3.63) is 28.8 Å². The summed E-state index contributed by atoms with van der Waals surface area (Å²) in [6, 6.07) is -0.0774. The minimum absolute atomic E-state index is 0.00908. The smallest absolute Gasteiger partial charge is 0.259 e. The van der Waals surface area contributed by atoms with Gasteiger partial charge in [0.2, 0.25) is 17.7 Å². The van der Waals surface area contributed by atoms with Crippen LogP contribution in [0.3, 0.4) is 0 Å². The summed E-state index contributed by atoms with van der Waals surface area (Å²) in [4.78, 5) is 32.3. The Morgan fingerprint density at radius 2 is 1.77 bits per heavy atom. The van der Waals surface area contributed by atoms with Gasteiger partial charge >= 0.3 is 0 Å². The van der Waals surface area contributed by atoms with Crippen molar-refractivity contribution in [1.82, 2.24) is 30.1 Å². The summed E-state index contributed by atoms with van der Waals surface area (Å²) in [6.45, 7) is 11.9. The van der Waals surface area contributed by atoms with Crippen LogP contribution < -0.4 is 0 Å². The first-order valence-corrected chi connectivity index (χ1v) is 12.8. The fourth-order valence-electron chi connectivity index (χ4n) is 5.90. The molecule has 3 saturated heterocycles. The molecule has 0 radical (unpaired) electrons. The molecule has 0 saturated carbocycles. The van der Waals surface area contributed by atoms with Gasteiger partial charge in [0.15, 0.2) is 0 Å². The number of amides is 2. The van der Waals surface area contributed by atoms with Crippen LogP contribution in [-0.4, -0.2) is 81.1 Å². The van der Waals surface area contributed by atoms with Gasteiger partial charge in [0.25, 0.3) is 5.91 Å². The molecule has 2 amide bonds. The summed E-state index contributed by atoms with van der Waals surface area (Å²) in [5, 5.41) is 12.6. The Hall–Kier alpha value is -2.75. The number of likely N-dealkylation sites (tertiary alicyclic amines) is 3. The van der Waals surface area contributed by atoms with Crippen LogP contribution in [-0.2, 0) is 4.79 Å². The van der Waals surface area contributed by atoms with Crippen molar-refractivity contribution >= 4 is 11.8 Å². The van der Waals surface area contributed by atoms with E-state index in [9.17, 15) is 9.59 Å². The number of hydrogen-bond acceptors (Lipinski definition) is 8. The molecule has 0 aliphatic carbocycles. The number of rotatable bonds is 5. The molecule has 35 heavy (non-hydrogen) atoms. The lowest BCUT2D eigenvalue weighted by molar-refractivity contribution is -0.131. The summed E-state index contributed by atoms with van der Waals surface area (Å²) in [7, 11) is 0. The zero-order valence-electron chi connectivity index (χ0n) is 21.2. The van der Waals surface area contributed by atoms with Crippen LogP contribution >= 0.6 is 0 Å². The van der Waals surface area contributed by atoms with Gasteiger partial charge in [-0.15, -0.1) is 10.2 Å². The minimum Gasteiger partial charge on any atom is -0.423 e. The molecule has 1 unspecified atom stereocenters. The van der Waals surface area contributed by atoms with Gasteiger partial charge in [-0.1, -0.05) is 19.0 Å². The van der Waals surface area contributed by atoms with Crippen molar-refractivity contribution in [2.75, 3.05) is 39.3 Å². The number of aromatic nitrogens is 3. The van der Waals surface area contributed by atoms with Crippen molar-refractivity contribution in [2.45, 2.75) is 71.8 Å². The maximum absolute atomic E-state index is 13.1. The van der Waals surface area contributed by atoms with Gasteiger partial charge in [0.05, 0.1) is 18.3 Å². The first kappa shape index (κ1) is 24.0. The topological polar surface area (TPSA) is 109 Å². The molecule has 10 heteroatoms. The lowest BCUT2D eigenvalue weighted by Crippen LogP contribution is -2.45. The summed E-state index contributed by atoms with van der Waals surface area (Å²) in [5.74, 6) is 2.13. The van der Waals surface area contributed by atoms with E-state index in [0.29, 0.717) is 48.4 Å². The van der Waals surface area contributed by atoms with Crippen LogP contribution in [0.25, 0.3) is 0 Å². The van der Waals surface area contributed by atoms with Gasteiger partial charge in [0.1, 0.15) is 11.3 Å². The fourth-order valence-corrected chi connectivity index (χ4v) is 5.90. The molecular formula is C25H36N6O4. The number of nitrogens with zero attached hydrogens (tertiary/aromatic N) is 6. The van der Waals surface area contributed by atoms with Crippen molar-refractivity contribution in [1.29, 1.82) is 0 Å². The van der Waals surface area contributed by atoms with Crippen LogP contribution in [0, 0.1) is 19.3 Å². The second-order valence-electron chi connectivity index (χ2n) is 10.8. The largest absolute Gasteiger partial charge is 0.423 e. The van der Waals surface area contributed by atoms with Gasteiger partial charge in [0, 0.05) is 38.6 Å². The number of carbonyl (C=O) groups is 2. The Labute approximate surface area is 206 Å². The summed E-state index contributed by atoms with van der Waals surface area (Å²) >= 11 is 0. The number of piperidine rings is 1. The lowest BCUT2D eigenvalue weighted by atomic mass is 9.76. The van der Waals surface area contributed by atoms with Crippen molar-refractivity contribution in [3.63, 3.8) is 0 Å². The first-order valence-electron chi connectivity index (χ1n) is 12.8. The molecule has 2 aromatic heterocycles. The van der Waals surface area contributed by atoms with E-state index in [1.165, 1.54) is 0 Å². The third kappa shape index (κ3) is 4.60. The highest BCUT2D eigenvalue weighted by Gasteiger charge is 2.49. The standard InChI is InChI=1S/C25H36N6O4/c1-16(2)22-26-27-23(34-22)19-13-25(15-31(19)14-20(32)29-9-5-6-10-29)7-11-30(12-8-25)24(33)21-17(3)28-35-18(21)4/h16,19H,5-15H2,1-4H3. The van der Waals surface area contributed by atoms with Crippen molar-refractivity contribution in [2.24, 2.45) is 5.41 Å². The van der Waals surface area contributed by atoms with Crippen LogP contribution in [0.5, 0.6) is 0 Å². The molecule has 1 spiro atoms. The Morgan fingerprint density at radius 1 is 1.06 bits per heavy atom. The predicted molar refractivity (Wildman–Crippen MR) is 127 cm³/mol. The molecule has 0 N–H and O–H groups in total. The number of aryl methyl sites for hydroxylation is 2. The van der Waals surface area contributed by atoms with Gasteiger partial charge in [-0.25, -0.2) is 0 Å². The monoisotopic (exact) mass is 484 g/mol.